The molecule has 4 nitrogen and oxygen atoms in total. The predicted octanol–water partition coefficient (Wildman–Crippen LogP) is 1.83. The maximum Gasteiger partial charge on any atom is 0.253 e. The van der Waals surface area contributed by atoms with Gasteiger partial charge >= 0.3 is 0 Å². The van der Waals surface area contributed by atoms with Crippen LogP contribution in [0.3, 0.4) is 0 Å². The van der Waals surface area contributed by atoms with Crippen molar-refractivity contribution < 1.29 is 9.53 Å². The molecular formula is C12H15ClN2O2. The third-order valence-electron chi connectivity index (χ3n) is 2.87. The summed E-state index contributed by atoms with van der Waals surface area (Å²) in [6.45, 7) is 3.17. The Morgan fingerprint density at radius 1 is 1.59 bits per heavy atom. The average Bonchev–Trinajstić information content (AvgIpc) is 2.64. The third-order valence-corrected chi connectivity index (χ3v) is 3.18. The summed E-state index contributed by atoms with van der Waals surface area (Å²) >= 11 is 5.98. The van der Waals surface area contributed by atoms with Crippen molar-refractivity contribution in [2.45, 2.75) is 18.9 Å². The highest BCUT2D eigenvalue weighted by Gasteiger charge is 2.31. The summed E-state index contributed by atoms with van der Waals surface area (Å²) in [4.78, 5) is 12.0. The molecule has 1 saturated heterocycles. The van der Waals surface area contributed by atoms with E-state index in [9.17, 15) is 4.79 Å². The zero-order valence-electron chi connectivity index (χ0n) is 9.63. The second-order valence-electron chi connectivity index (χ2n) is 4.56. The van der Waals surface area contributed by atoms with Crippen LogP contribution in [0.1, 0.15) is 23.7 Å². The molecule has 92 valence electrons. The number of anilines is 1. The van der Waals surface area contributed by atoms with Gasteiger partial charge in [-0.25, -0.2) is 0 Å². The van der Waals surface area contributed by atoms with Crippen molar-refractivity contribution in [3.8, 4) is 0 Å². The first-order valence-electron chi connectivity index (χ1n) is 5.45. The molecule has 0 radical (unpaired) electrons. The number of hydrogen-bond donors (Lipinski definition) is 2. The van der Waals surface area contributed by atoms with Gasteiger partial charge in [-0.05, 0) is 31.5 Å². The maximum atomic E-state index is 12.0. The Balaban J connectivity index is 2.14. The Labute approximate surface area is 105 Å². The van der Waals surface area contributed by atoms with E-state index in [1.54, 1.807) is 18.2 Å². The number of ether oxygens (including phenoxy) is 1. The van der Waals surface area contributed by atoms with Crippen molar-refractivity contribution in [2.24, 2.45) is 0 Å². The highest BCUT2D eigenvalue weighted by molar-refractivity contribution is 6.34. The molecule has 1 heterocycles. The smallest absolute Gasteiger partial charge is 0.253 e. The number of benzene rings is 1. The fourth-order valence-electron chi connectivity index (χ4n) is 1.82. The maximum absolute atomic E-state index is 12.0. The van der Waals surface area contributed by atoms with Gasteiger partial charge in [0.25, 0.3) is 5.91 Å². The Bertz CT molecular complexity index is 442. The summed E-state index contributed by atoms with van der Waals surface area (Å²) in [5.41, 5.74) is 6.26. The summed E-state index contributed by atoms with van der Waals surface area (Å²) in [7, 11) is 0. The number of hydrogen-bond acceptors (Lipinski definition) is 3. The zero-order chi connectivity index (χ0) is 12.5. The number of nitrogens with two attached hydrogens (primary N) is 1. The highest BCUT2D eigenvalue weighted by Crippen LogP contribution is 2.22. The van der Waals surface area contributed by atoms with Crippen molar-refractivity contribution >= 4 is 23.2 Å². The van der Waals surface area contributed by atoms with Crippen molar-refractivity contribution in [1.82, 2.24) is 5.32 Å². The molecule has 0 spiro atoms. The minimum absolute atomic E-state index is 0.192. The Kier molecular flexibility index (Phi) is 3.26. The second-order valence-corrected chi connectivity index (χ2v) is 4.96. The number of halogens is 1. The third kappa shape index (κ3) is 2.70. The highest BCUT2D eigenvalue weighted by atomic mass is 35.5. The van der Waals surface area contributed by atoms with E-state index in [-0.39, 0.29) is 11.4 Å². The molecule has 17 heavy (non-hydrogen) atoms. The van der Waals surface area contributed by atoms with E-state index in [2.05, 4.69) is 5.32 Å². The number of nitrogen functional groups attached to an aromatic ring is 1. The van der Waals surface area contributed by atoms with E-state index in [4.69, 9.17) is 22.1 Å². The topological polar surface area (TPSA) is 64.4 Å². The number of carbonyl (C=O) groups is 1. The van der Waals surface area contributed by atoms with Crippen LogP contribution in [-0.4, -0.2) is 24.7 Å². The number of rotatable bonds is 2. The molecule has 1 aromatic rings. The summed E-state index contributed by atoms with van der Waals surface area (Å²) in [6.07, 6.45) is 0.811. The van der Waals surface area contributed by atoms with Crippen LogP contribution < -0.4 is 11.1 Å². The molecular weight excluding hydrogens is 240 g/mol. The Morgan fingerprint density at radius 3 is 2.94 bits per heavy atom. The fourth-order valence-corrected chi connectivity index (χ4v) is 2.10. The molecule has 0 bridgehead atoms. The van der Waals surface area contributed by atoms with Gasteiger partial charge in [-0.15, -0.1) is 0 Å². The van der Waals surface area contributed by atoms with Crippen LogP contribution in [0, 0.1) is 0 Å². The lowest BCUT2D eigenvalue weighted by molar-refractivity contribution is 0.0890. The van der Waals surface area contributed by atoms with Crippen molar-refractivity contribution in [2.75, 3.05) is 18.9 Å². The van der Waals surface area contributed by atoms with Gasteiger partial charge in [0.1, 0.15) is 0 Å². The standard InChI is InChI=1S/C12H15ClN2O2/c1-12(4-5-17-7-12)15-11(16)9-3-2-8(14)6-10(9)13/h2-3,6H,4-5,7,14H2,1H3,(H,15,16). The van der Waals surface area contributed by atoms with Crippen LogP contribution in [-0.2, 0) is 4.74 Å². The molecule has 1 aliphatic heterocycles. The lowest BCUT2D eigenvalue weighted by atomic mass is 10.0. The van der Waals surface area contributed by atoms with E-state index in [1.807, 2.05) is 6.92 Å². The molecule has 1 aromatic carbocycles. The van der Waals surface area contributed by atoms with Crippen LogP contribution in [0.5, 0.6) is 0 Å². The van der Waals surface area contributed by atoms with Gasteiger partial charge in [-0.3, -0.25) is 4.79 Å². The van der Waals surface area contributed by atoms with Crippen LogP contribution in [0.4, 0.5) is 5.69 Å². The van der Waals surface area contributed by atoms with E-state index in [0.29, 0.717) is 29.5 Å². The van der Waals surface area contributed by atoms with E-state index in [1.165, 1.54) is 0 Å². The minimum atomic E-state index is -0.304. The molecule has 2 rings (SSSR count). The van der Waals surface area contributed by atoms with Crippen molar-refractivity contribution in [1.29, 1.82) is 0 Å². The number of carbonyl (C=O) groups excluding carboxylic acids is 1. The molecule has 0 saturated carbocycles. The fraction of sp³-hybridized carbons (Fsp3) is 0.417. The molecule has 1 amide bonds. The van der Waals surface area contributed by atoms with E-state index < -0.39 is 0 Å². The van der Waals surface area contributed by atoms with Gasteiger partial charge < -0.3 is 15.8 Å². The molecule has 0 aliphatic carbocycles. The van der Waals surface area contributed by atoms with Gasteiger partial charge in [0.05, 0.1) is 22.7 Å². The summed E-state index contributed by atoms with van der Waals surface area (Å²) < 4.78 is 5.28. The van der Waals surface area contributed by atoms with Crippen LogP contribution >= 0.6 is 11.6 Å². The first kappa shape index (κ1) is 12.2. The monoisotopic (exact) mass is 254 g/mol. The van der Waals surface area contributed by atoms with Gasteiger partial charge in [0, 0.05) is 12.3 Å². The Hall–Kier alpha value is -1.26. The van der Waals surface area contributed by atoms with E-state index >= 15 is 0 Å². The molecule has 1 unspecified atom stereocenters. The summed E-state index contributed by atoms with van der Waals surface area (Å²) in [5, 5.41) is 3.31. The zero-order valence-corrected chi connectivity index (χ0v) is 10.4. The van der Waals surface area contributed by atoms with E-state index in [0.717, 1.165) is 6.42 Å². The molecule has 1 atom stereocenters. The minimum Gasteiger partial charge on any atom is -0.399 e. The van der Waals surface area contributed by atoms with Crippen LogP contribution in [0.15, 0.2) is 18.2 Å². The SMILES string of the molecule is CC1(NC(=O)c2ccc(N)cc2Cl)CCOC1. The van der Waals surface area contributed by atoms with Gasteiger partial charge in [0.15, 0.2) is 0 Å². The normalized spacial score (nSPS) is 23.6. The largest absolute Gasteiger partial charge is 0.399 e. The van der Waals surface area contributed by atoms with Gasteiger partial charge in [-0.2, -0.15) is 0 Å². The van der Waals surface area contributed by atoms with Crippen LogP contribution in [0.25, 0.3) is 0 Å². The summed E-state index contributed by atoms with van der Waals surface area (Å²) in [6, 6.07) is 4.87. The number of amides is 1. The van der Waals surface area contributed by atoms with Crippen molar-refractivity contribution in [3.63, 3.8) is 0 Å². The van der Waals surface area contributed by atoms with Crippen LogP contribution in [0.2, 0.25) is 5.02 Å². The first-order chi connectivity index (χ1) is 8.00. The molecule has 3 N–H and O–H groups in total. The first-order valence-corrected chi connectivity index (χ1v) is 5.83. The molecule has 0 aromatic heterocycles. The Morgan fingerprint density at radius 2 is 2.35 bits per heavy atom. The lowest BCUT2D eigenvalue weighted by Crippen LogP contribution is -2.46. The second kappa shape index (κ2) is 4.55. The van der Waals surface area contributed by atoms with Crippen molar-refractivity contribution in [3.05, 3.63) is 28.8 Å². The predicted molar refractivity (Wildman–Crippen MR) is 67.2 cm³/mol. The molecule has 1 fully saturated rings. The quantitative estimate of drug-likeness (QED) is 0.792. The average molecular weight is 255 g/mol. The number of nitrogens with one attached hydrogen (secondary N) is 1. The molecule has 1 aliphatic rings. The summed E-state index contributed by atoms with van der Waals surface area (Å²) in [5.74, 6) is -0.192. The van der Waals surface area contributed by atoms with Gasteiger partial charge in [-0.1, -0.05) is 11.6 Å². The lowest BCUT2D eigenvalue weighted by Gasteiger charge is -2.23. The molecule has 5 heteroatoms. The van der Waals surface area contributed by atoms with Gasteiger partial charge in [0.2, 0.25) is 0 Å².